The Balaban J connectivity index is 5.24. The number of esters is 4. The standard InChI is InChI=1S/C68H132O17P2/c1-7-11-13-15-17-19-20-21-22-26-33-39-45-51-66(71)79-57-64(84-67(72)52-46-40-34-27-24-23-25-30-36-42-48-60(5)9-3)59-83-87(76,77)81-55-62(69)54-80-86(74,75)82-58-63(56-78-65(70)50-44-38-32-18-16-14-12-8-2)85-68(73)53-47-41-35-29-28-31-37-43-49-61(6)10-4/h60-64,69H,7-59H2,1-6H3,(H,74,75)(H,76,77)/t60?,61?,62-,63+,64+/m0/s1. The molecule has 4 unspecified atom stereocenters. The molecule has 0 aromatic heterocycles. The number of carbonyl (C=O) groups is 4. The molecule has 0 heterocycles. The molecule has 0 aliphatic heterocycles. The van der Waals surface area contributed by atoms with Gasteiger partial charge < -0.3 is 33.8 Å². The van der Waals surface area contributed by atoms with Gasteiger partial charge in [0.25, 0.3) is 0 Å². The van der Waals surface area contributed by atoms with Crippen LogP contribution < -0.4 is 0 Å². The van der Waals surface area contributed by atoms with E-state index in [0.717, 1.165) is 108 Å². The smallest absolute Gasteiger partial charge is 0.462 e. The van der Waals surface area contributed by atoms with Gasteiger partial charge in [-0.2, -0.15) is 0 Å². The summed E-state index contributed by atoms with van der Waals surface area (Å²) in [6.07, 6.45) is 44.3. The fourth-order valence-corrected chi connectivity index (χ4v) is 11.8. The summed E-state index contributed by atoms with van der Waals surface area (Å²) in [7, 11) is -9.89. The number of hydrogen-bond donors (Lipinski definition) is 3. The Labute approximate surface area is 530 Å². The normalized spacial score (nSPS) is 14.8. The molecule has 0 aromatic rings. The van der Waals surface area contributed by atoms with Crippen LogP contribution in [0.25, 0.3) is 0 Å². The van der Waals surface area contributed by atoms with E-state index in [1.807, 2.05) is 0 Å². The molecule has 0 aliphatic carbocycles. The molecule has 7 atom stereocenters. The summed E-state index contributed by atoms with van der Waals surface area (Å²) in [5.74, 6) is -0.557. The van der Waals surface area contributed by atoms with E-state index in [1.54, 1.807) is 0 Å². The number of aliphatic hydroxyl groups is 1. The monoisotopic (exact) mass is 1280 g/mol. The lowest BCUT2D eigenvalue weighted by Gasteiger charge is -2.21. The van der Waals surface area contributed by atoms with Crippen molar-refractivity contribution in [2.75, 3.05) is 39.6 Å². The van der Waals surface area contributed by atoms with E-state index in [4.69, 9.17) is 37.0 Å². The summed E-state index contributed by atoms with van der Waals surface area (Å²) in [6, 6.07) is 0. The summed E-state index contributed by atoms with van der Waals surface area (Å²) in [6.45, 7) is 9.53. The predicted molar refractivity (Wildman–Crippen MR) is 349 cm³/mol. The molecule has 0 aromatic carbocycles. The van der Waals surface area contributed by atoms with Crippen LogP contribution in [0.1, 0.15) is 343 Å². The maximum Gasteiger partial charge on any atom is 0.472 e. The highest BCUT2D eigenvalue weighted by Gasteiger charge is 2.30. The number of aliphatic hydroxyl groups excluding tert-OH is 1. The molecular weight excluding hydrogens is 1150 g/mol. The van der Waals surface area contributed by atoms with Crippen molar-refractivity contribution in [2.45, 2.75) is 362 Å². The van der Waals surface area contributed by atoms with Gasteiger partial charge in [0.05, 0.1) is 26.4 Å². The zero-order valence-corrected chi connectivity index (χ0v) is 58.1. The van der Waals surface area contributed by atoms with Crippen LogP contribution in [0.4, 0.5) is 0 Å². The van der Waals surface area contributed by atoms with Crippen LogP contribution in [0.15, 0.2) is 0 Å². The highest BCUT2D eigenvalue weighted by Crippen LogP contribution is 2.45. The van der Waals surface area contributed by atoms with Crippen molar-refractivity contribution in [1.29, 1.82) is 0 Å². The Morgan fingerprint density at radius 1 is 0.322 bits per heavy atom. The fraction of sp³-hybridized carbons (Fsp3) is 0.941. The van der Waals surface area contributed by atoms with Gasteiger partial charge in [-0.1, -0.05) is 292 Å². The van der Waals surface area contributed by atoms with Crippen molar-refractivity contribution in [3.63, 3.8) is 0 Å². The molecule has 17 nitrogen and oxygen atoms in total. The summed E-state index contributed by atoms with van der Waals surface area (Å²) >= 11 is 0. The van der Waals surface area contributed by atoms with E-state index in [-0.39, 0.29) is 25.7 Å². The van der Waals surface area contributed by atoms with Crippen molar-refractivity contribution < 1.29 is 80.2 Å². The highest BCUT2D eigenvalue weighted by atomic mass is 31.2. The van der Waals surface area contributed by atoms with Gasteiger partial charge in [0.15, 0.2) is 12.2 Å². The quantitative estimate of drug-likeness (QED) is 0.0222. The van der Waals surface area contributed by atoms with Gasteiger partial charge in [-0.15, -0.1) is 0 Å². The van der Waals surface area contributed by atoms with Gasteiger partial charge in [-0.25, -0.2) is 9.13 Å². The van der Waals surface area contributed by atoms with Gasteiger partial charge >= 0.3 is 39.5 Å². The van der Waals surface area contributed by atoms with Gasteiger partial charge in [0.1, 0.15) is 19.3 Å². The topological polar surface area (TPSA) is 237 Å². The molecule has 3 N–H and O–H groups in total. The summed E-state index contributed by atoms with van der Waals surface area (Å²) in [4.78, 5) is 72.4. The van der Waals surface area contributed by atoms with Crippen molar-refractivity contribution in [2.24, 2.45) is 11.8 Å². The number of phosphoric acid groups is 2. The van der Waals surface area contributed by atoms with Crippen LogP contribution in [0.2, 0.25) is 0 Å². The van der Waals surface area contributed by atoms with E-state index in [0.29, 0.717) is 25.7 Å². The van der Waals surface area contributed by atoms with Gasteiger partial charge in [-0.3, -0.25) is 37.3 Å². The first kappa shape index (κ1) is 85.1. The van der Waals surface area contributed by atoms with Crippen LogP contribution in [0.3, 0.4) is 0 Å². The third kappa shape index (κ3) is 60.1. The lowest BCUT2D eigenvalue weighted by molar-refractivity contribution is -0.161. The molecular formula is C68H132O17P2. The third-order valence-corrected chi connectivity index (χ3v) is 18.3. The average molecular weight is 1280 g/mol. The van der Waals surface area contributed by atoms with Crippen LogP contribution >= 0.6 is 15.6 Å². The SMILES string of the molecule is CCCCCCCCCCCCCCCC(=O)OC[C@H](COP(=O)(O)OC[C@@H](O)COP(=O)(O)OC[C@@H](COC(=O)CCCCCCCCCC)OC(=O)CCCCCCCCCCC(C)CC)OC(=O)CCCCCCCCCCCCC(C)CC. The van der Waals surface area contributed by atoms with Gasteiger partial charge in [0.2, 0.25) is 0 Å². The molecule has 87 heavy (non-hydrogen) atoms. The lowest BCUT2D eigenvalue weighted by Crippen LogP contribution is -2.30. The molecule has 516 valence electrons. The minimum absolute atomic E-state index is 0.105. The Morgan fingerprint density at radius 2 is 0.552 bits per heavy atom. The number of ether oxygens (including phenoxy) is 4. The first-order chi connectivity index (χ1) is 41.9. The summed E-state index contributed by atoms with van der Waals surface area (Å²) in [5, 5.41) is 10.6. The molecule has 0 fully saturated rings. The van der Waals surface area contributed by atoms with Crippen molar-refractivity contribution >= 4 is 39.5 Å². The maximum absolute atomic E-state index is 13.0. The van der Waals surface area contributed by atoms with Crippen LogP contribution in [-0.2, 0) is 65.4 Å². The predicted octanol–water partition coefficient (Wildman–Crippen LogP) is 19.2. The van der Waals surface area contributed by atoms with Crippen LogP contribution in [0.5, 0.6) is 0 Å². The average Bonchev–Trinajstić information content (AvgIpc) is 3.59. The van der Waals surface area contributed by atoms with E-state index < -0.39 is 97.5 Å². The van der Waals surface area contributed by atoms with Crippen molar-refractivity contribution in [1.82, 2.24) is 0 Å². The Hall–Kier alpha value is -1.94. The van der Waals surface area contributed by atoms with E-state index in [1.165, 1.54) is 154 Å². The molecule has 0 radical (unpaired) electrons. The number of rotatable bonds is 67. The minimum Gasteiger partial charge on any atom is -0.462 e. The lowest BCUT2D eigenvalue weighted by atomic mass is 9.99. The molecule has 0 saturated heterocycles. The van der Waals surface area contributed by atoms with Crippen LogP contribution in [0, 0.1) is 11.8 Å². The van der Waals surface area contributed by atoms with Gasteiger partial charge in [-0.05, 0) is 37.5 Å². The molecule has 0 rings (SSSR count). The number of hydrogen-bond acceptors (Lipinski definition) is 15. The van der Waals surface area contributed by atoms with Crippen molar-refractivity contribution in [3.8, 4) is 0 Å². The molecule has 0 amide bonds. The second-order valence-electron chi connectivity index (χ2n) is 25.0. The Kier molecular flexibility index (Phi) is 59.0. The second kappa shape index (κ2) is 60.3. The van der Waals surface area contributed by atoms with Crippen LogP contribution in [-0.4, -0.2) is 96.7 Å². The Bertz CT molecular complexity index is 1700. The number of carbonyl (C=O) groups excluding carboxylic acids is 4. The minimum atomic E-state index is -4.95. The molecule has 0 saturated carbocycles. The third-order valence-electron chi connectivity index (χ3n) is 16.4. The molecule has 0 spiro atoms. The first-order valence-electron chi connectivity index (χ1n) is 35.6. The molecule has 0 aliphatic rings. The van der Waals surface area contributed by atoms with E-state index in [9.17, 15) is 43.2 Å². The van der Waals surface area contributed by atoms with Crippen molar-refractivity contribution in [3.05, 3.63) is 0 Å². The first-order valence-corrected chi connectivity index (χ1v) is 38.6. The highest BCUT2D eigenvalue weighted by molar-refractivity contribution is 7.47. The van der Waals surface area contributed by atoms with E-state index in [2.05, 4.69) is 41.5 Å². The van der Waals surface area contributed by atoms with E-state index >= 15 is 0 Å². The molecule has 0 bridgehead atoms. The zero-order chi connectivity index (χ0) is 64.3. The maximum atomic E-state index is 13.0. The van der Waals surface area contributed by atoms with Gasteiger partial charge in [0, 0.05) is 25.7 Å². The largest absolute Gasteiger partial charge is 0.472 e. The number of unbranched alkanes of at least 4 members (excludes halogenated alkanes) is 35. The summed E-state index contributed by atoms with van der Waals surface area (Å²) in [5.41, 5.74) is 0. The Morgan fingerprint density at radius 3 is 0.816 bits per heavy atom. The summed E-state index contributed by atoms with van der Waals surface area (Å²) < 4.78 is 68.2. The second-order valence-corrected chi connectivity index (χ2v) is 28.0. The zero-order valence-electron chi connectivity index (χ0n) is 56.3. The fourth-order valence-electron chi connectivity index (χ4n) is 10.2. The molecule has 19 heteroatoms. The number of phosphoric ester groups is 2.